The van der Waals surface area contributed by atoms with Crippen molar-refractivity contribution in [3.63, 3.8) is 0 Å². The summed E-state index contributed by atoms with van der Waals surface area (Å²) in [5.74, 6) is 0.871. The lowest BCUT2D eigenvalue weighted by Crippen LogP contribution is -2.35. The first-order chi connectivity index (χ1) is 20.2. The molecule has 2 saturated carbocycles. The number of nitrogens with zero attached hydrogens (tertiary/aromatic N) is 2. The van der Waals surface area contributed by atoms with Gasteiger partial charge in [0.15, 0.2) is 0 Å². The summed E-state index contributed by atoms with van der Waals surface area (Å²) in [4.78, 5) is 16.5. The first-order valence-electron chi connectivity index (χ1n) is 14.4. The summed E-state index contributed by atoms with van der Waals surface area (Å²) >= 11 is 0. The van der Waals surface area contributed by atoms with E-state index in [0.717, 1.165) is 41.7 Å². The molecule has 4 atom stereocenters. The Morgan fingerprint density at radius 2 is 1.32 bits per heavy atom. The van der Waals surface area contributed by atoms with E-state index in [1.165, 1.54) is 0 Å². The number of pyridine rings is 1. The van der Waals surface area contributed by atoms with E-state index >= 15 is 0 Å². The summed E-state index contributed by atoms with van der Waals surface area (Å²) < 4.78 is 7.17. The molecule has 2 aliphatic rings. The number of carbonyl (C=O) groups excluding carboxylic acids is 1. The van der Waals surface area contributed by atoms with Gasteiger partial charge < -0.3 is 9.84 Å². The summed E-state index contributed by atoms with van der Waals surface area (Å²) in [6.45, 7) is 0.697. The number of nitrogens with one attached hydrogen (secondary N) is 1. The molecule has 0 spiro atoms. The van der Waals surface area contributed by atoms with Crippen molar-refractivity contribution in [1.82, 2.24) is 10.4 Å². The molecule has 0 radical (unpaired) electrons. The molecule has 0 bridgehead atoms. The Labute approximate surface area is 241 Å². The van der Waals surface area contributed by atoms with E-state index in [4.69, 9.17) is 4.74 Å². The Bertz CT molecular complexity index is 1370. The minimum Gasteiger partial charge on any atom is -0.396 e. The predicted molar refractivity (Wildman–Crippen MR) is 159 cm³/mol. The Kier molecular flexibility index (Phi) is 8.03. The molecule has 6 nitrogen and oxygen atoms in total. The highest BCUT2D eigenvalue weighted by Crippen LogP contribution is 2.51. The van der Waals surface area contributed by atoms with Crippen molar-refractivity contribution in [1.29, 1.82) is 0 Å². The number of aliphatic hydroxyl groups is 1. The second-order valence-corrected chi connectivity index (χ2v) is 11.1. The second-order valence-electron chi connectivity index (χ2n) is 11.1. The molecule has 4 aromatic rings. The van der Waals surface area contributed by atoms with Gasteiger partial charge in [-0.05, 0) is 71.8 Å². The van der Waals surface area contributed by atoms with Crippen LogP contribution in [-0.2, 0) is 10.3 Å². The van der Waals surface area contributed by atoms with Gasteiger partial charge in [-0.1, -0.05) is 91.0 Å². The number of amides is 1. The summed E-state index contributed by atoms with van der Waals surface area (Å²) in [6, 6.07) is 34.6. The van der Waals surface area contributed by atoms with Gasteiger partial charge in [0.2, 0.25) is 0 Å². The molecule has 1 aromatic heterocycles. The van der Waals surface area contributed by atoms with Crippen LogP contribution < -0.4 is 5.43 Å². The van der Waals surface area contributed by atoms with E-state index < -0.39 is 5.60 Å². The molecule has 2 N–H and O–H groups in total. The first-order valence-corrected chi connectivity index (χ1v) is 14.4. The van der Waals surface area contributed by atoms with Gasteiger partial charge in [0.05, 0.1) is 6.61 Å². The van der Waals surface area contributed by atoms with Crippen LogP contribution in [0.4, 0.5) is 0 Å². The molecular weight excluding hydrogens is 510 g/mol. The maximum Gasteiger partial charge on any atom is 0.271 e. The Balaban J connectivity index is 1.27. The number of aliphatic hydroxyl groups excluding tert-OH is 1. The van der Waals surface area contributed by atoms with Crippen LogP contribution >= 0.6 is 0 Å². The smallest absolute Gasteiger partial charge is 0.271 e. The second kappa shape index (κ2) is 12.2. The number of fused-ring (bicyclic) bond motifs is 1. The van der Waals surface area contributed by atoms with Crippen LogP contribution in [0.1, 0.15) is 46.3 Å². The molecule has 1 amide bonds. The number of hydrogen-bond donors (Lipinski definition) is 2. The van der Waals surface area contributed by atoms with E-state index in [0.29, 0.717) is 24.0 Å². The van der Waals surface area contributed by atoms with Crippen molar-refractivity contribution in [2.24, 2.45) is 28.8 Å². The predicted octanol–water partition coefficient (Wildman–Crippen LogP) is 5.83. The van der Waals surface area contributed by atoms with Crippen molar-refractivity contribution in [2.75, 3.05) is 13.2 Å². The zero-order valence-electron chi connectivity index (χ0n) is 23.0. The lowest BCUT2D eigenvalue weighted by molar-refractivity contribution is -0.0158. The van der Waals surface area contributed by atoms with Gasteiger partial charge in [0.1, 0.15) is 5.60 Å². The summed E-state index contributed by atoms with van der Waals surface area (Å²) in [5, 5.41) is 14.8. The number of aromatic nitrogens is 1. The molecule has 3 aromatic carbocycles. The third-order valence-corrected chi connectivity index (χ3v) is 8.86. The van der Waals surface area contributed by atoms with E-state index in [1.54, 1.807) is 24.5 Å². The van der Waals surface area contributed by atoms with Gasteiger partial charge in [0, 0.05) is 30.3 Å². The van der Waals surface area contributed by atoms with E-state index in [9.17, 15) is 9.90 Å². The average Bonchev–Trinajstić information content (AvgIpc) is 3.61. The molecule has 2 aliphatic carbocycles. The molecule has 208 valence electrons. The standard InChI is InChI=1S/C35H35N3O3/c39-23-26-20-27(33-22-31(21-32(26)33)37-38-34(40)25-16-18-36-19-17-25)24-41-35(28-10-4-1-5-11-28,29-12-6-2-7-13-29)30-14-8-3-9-15-30/h1-19,26-27,32-33,39H,20-24H2,(H,38,40)/b37-31-/t26-,27+,32+,33-/m1/s1. The van der Waals surface area contributed by atoms with Gasteiger partial charge in [-0.2, -0.15) is 5.10 Å². The lowest BCUT2D eigenvalue weighted by Gasteiger charge is -2.37. The van der Waals surface area contributed by atoms with Gasteiger partial charge in [0.25, 0.3) is 5.91 Å². The van der Waals surface area contributed by atoms with E-state index in [1.807, 2.05) is 18.2 Å². The monoisotopic (exact) mass is 545 g/mol. The number of benzene rings is 3. The highest BCUT2D eigenvalue weighted by molar-refractivity contribution is 5.95. The van der Waals surface area contributed by atoms with Crippen molar-refractivity contribution in [3.05, 3.63) is 138 Å². The zero-order valence-corrected chi connectivity index (χ0v) is 23.0. The first kappa shape index (κ1) is 27.1. The average molecular weight is 546 g/mol. The van der Waals surface area contributed by atoms with Crippen molar-refractivity contribution < 1.29 is 14.6 Å². The fourth-order valence-electron chi connectivity index (χ4n) is 6.89. The maximum atomic E-state index is 12.5. The number of hydrazone groups is 1. The largest absolute Gasteiger partial charge is 0.396 e. The minimum atomic E-state index is -0.773. The van der Waals surface area contributed by atoms with Gasteiger partial charge in [-0.25, -0.2) is 5.43 Å². The summed E-state index contributed by atoms with van der Waals surface area (Å²) in [6.07, 6.45) is 5.68. The molecule has 6 rings (SSSR count). The van der Waals surface area contributed by atoms with Crippen LogP contribution in [-0.4, -0.2) is 34.9 Å². The molecule has 2 fully saturated rings. The van der Waals surface area contributed by atoms with E-state index in [2.05, 4.69) is 88.3 Å². The normalized spacial score (nSPS) is 22.9. The van der Waals surface area contributed by atoms with Crippen LogP contribution in [0, 0.1) is 23.7 Å². The molecule has 41 heavy (non-hydrogen) atoms. The fraction of sp³-hybridized carbons (Fsp3) is 0.286. The van der Waals surface area contributed by atoms with Crippen molar-refractivity contribution in [3.8, 4) is 0 Å². The van der Waals surface area contributed by atoms with E-state index in [-0.39, 0.29) is 24.3 Å². The molecule has 6 heteroatoms. The highest BCUT2D eigenvalue weighted by Gasteiger charge is 2.49. The number of rotatable bonds is 9. The molecule has 0 aliphatic heterocycles. The minimum absolute atomic E-state index is 0.148. The van der Waals surface area contributed by atoms with Crippen LogP contribution in [0.25, 0.3) is 0 Å². The summed E-state index contributed by atoms with van der Waals surface area (Å²) in [5.41, 5.74) is 6.70. The zero-order chi connectivity index (χ0) is 28.1. The quantitative estimate of drug-likeness (QED) is 0.205. The summed E-state index contributed by atoms with van der Waals surface area (Å²) in [7, 11) is 0. The molecule has 0 unspecified atom stereocenters. The number of ether oxygens (including phenoxy) is 1. The molecular formula is C35H35N3O3. The third-order valence-electron chi connectivity index (χ3n) is 8.86. The number of carbonyl (C=O) groups is 1. The maximum absolute atomic E-state index is 12.5. The highest BCUT2D eigenvalue weighted by atomic mass is 16.5. The van der Waals surface area contributed by atoms with Crippen LogP contribution in [0.2, 0.25) is 0 Å². The van der Waals surface area contributed by atoms with Crippen LogP contribution in [0.15, 0.2) is 121 Å². The number of hydrogen-bond acceptors (Lipinski definition) is 5. The fourth-order valence-corrected chi connectivity index (χ4v) is 6.89. The SMILES string of the molecule is O=C(N/N=C1\C[C@@H]2[C@H](COC(c3ccccc3)(c3ccccc3)c3ccccc3)C[C@H](CO)[C@@H]2C1)c1ccncc1. The van der Waals surface area contributed by atoms with Gasteiger partial charge in [-0.15, -0.1) is 0 Å². The molecule has 0 saturated heterocycles. The van der Waals surface area contributed by atoms with Crippen LogP contribution in [0.3, 0.4) is 0 Å². The topological polar surface area (TPSA) is 83.8 Å². The van der Waals surface area contributed by atoms with Crippen molar-refractivity contribution in [2.45, 2.75) is 24.9 Å². The van der Waals surface area contributed by atoms with Crippen molar-refractivity contribution >= 4 is 11.6 Å². The Morgan fingerprint density at radius 1 is 0.805 bits per heavy atom. The Morgan fingerprint density at radius 3 is 1.83 bits per heavy atom. The Hall–Kier alpha value is -4.13. The molecule has 1 heterocycles. The lowest BCUT2D eigenvalue weighted by atomic mass is 9.80. The van der Waals surface area contributed by atoms with Gasteiger partial charge in [-0.3, -0.25) is 9.78 Å². The van der Waals surface area contributed by atoms with Gasteiger partial charge >= 0.3 is 0 Å². The third kappa shape index (κ3) is 5.45. The van der Waals surface area contributed by atoms with Crippen LogP contribution in [0.5, 0.6) is 0 Å².